The van der Waals surface area contributed by atoms with Crippen LogP contribution in [0.5, 0.6) is 0 Å². The zero-order chi connectivity index (χ0) is 13.3. The van der Waals surface area contributed by atoms with Crippen LogP contribution in [0.2, 0.25) is 5.02 Å². The van der Waals surface area contributed by atoms with Crippen molar-refractivity contribution < 1.29 is 13.9 Å². The van der Waals surface area contributed by atoms with E-state index in [1.54, 1.807) is 18.2 Å². The molecule has 0 fully saturated rings. The first-order valence-corrected chi connectivity index (χ1v) is 6.53. The second-order valence-electron chi connectivity index (χ2n) is 3.71. The average Bonchev–Trinajstić information content (AvgIpc) is 2.35. The number of aliphatic hydroxyl groups excluding tert-OH is 1. The smallest absolute Gasteiger partial charge is 0.164 e. The topological polar surface area (TPSA) is 20.2 Å². The van der Waals surface area contributed by atoms with E-state index in [1.165, 1.54) is 12.1 Å². The van der Waals surface area contributed by atoms with Gasteiger partial charge in [0.05, 0.1) is 0 Å². The Morgan fingerprint density at radius 2 is 1.83 bits per heavy atom. The standard InChI is InChI=1S/C13H8ClF2IO/c14-7-4-5-11(17)9(6-7)13(18)8-2-1-3-10(15)12(8)16/h1-6,13,18H. The molecule has 0 bridgehead atoms. The van der Waals surface area contributed by atoms with Crippen LogP contribution < -0.4 is 0 Å². The lowest BCUT2D eigenvalue weighted by molar-refractivity contribution is 0.212. The third-order valence-corrected chi connectivity index (χ3v) is 3.75. The van der Waals surface area contributed by atoms with Gasteiger partial charge in [0, 0.05) is 14.2 Å². The van der Waals surface area contributed by atoms with Gasteiger partial charge in [0.1, 0.15) is 6.10 Å². The van der Waals surface area contributed by atoms with Crippen LogP contribution in [0.1, 0.15) is 17.2 Å². The molecule has 0 amide bonds. The highest BCUT2D eigenvalue weighted by Crippen LogP contribution is 2.30. The average molecular weight is 381 g/mol. The van der Waals surface area contributed by atoms with Gasteiger partial charge in [-0.3, -0.25) is 0 Å². The number of halogens is 4. The molecule has 2 aromatic rings. The molecule has 1 unspecified atom stereocenters. The van der Waals surface area contributed by atoms with Crippen molar-refractivity contribution in [1.29, 1.82) is 0 Å². The van der Waals surface area contributed by atoms with Crippen molar-refractivity contribution in [2.45, 2.75) is 6.10 Å². The van der Waals surface area contributed by atoms with Gasteiger partial charge in [0.25, 0.3) is 0 Å². The minimum absolute atomic E-state index is 0.102. The van der Waals surface area contributed by atoms with E-state index in [9.17, 15) is 13.9 Å². The molecule has 2 rings (SSSR count). The molecule has 1 nitrogen and oxygen atoms in total. The van der Waals surface area contributed by atoms with E-state index in [2.05, 4.69) is 0 Å². The third kappa shape index (κ3) is 2.65. The van der Waals surface area contributed by atoms with Crippen LogP contribution in [0.25, 0.3) is 0 Å². The molecular formula is C13H8ClF2IO. The van der Waals surface area contributed by atoms with E-state index in [1.807, 2.05) is 22.6 Å². The van der Waals surface area contributed by atoms with Crippen LogP contribution in [-0.2, 0) is 0 Å². The van der Waals surface area contributed by atoms with Crippen molar-refractivity contribution in [3.8, 4) is 0 Å². The fourth-order valence-corrected chi connectivity index (χ4v) is 2.43. The molecule has 18 heavy (non-hydrogen) atoms. The molecule has 0 saturated heterocycles. The van der Waals surface area contributed by atoms with Gasteiger partial charge in [0.2, 0.25) is 0 Å². The first kappa shape index (κ1) is 13.7. The van der Waals surface area contributed by atoms with Crippen LogP contribution in [0.3, 0.4) is 0 Å². The fourth-order valence-electron chi connectivity index (χ4n) is 1.62. The predicted octanol–water partition coefficient (Wildman–Crippen LogP) is 4.30. The summed E-state index contributed by atoms with van der Waals surface area (Å²) in [6.45, 7) is 0. The largest absolute Gasteiger partial charge is 0.384 e. The molecule has 0 radical (unpaired) electrons. The zero-order valence-electron chi connectivity index (χ0n) is 9.00. The van der Waals surface area contributed by atoms with E-state index in [0.29, 0.717) is 10.6 Å². The van der Waals surface area contributed by atoms with Crippen LogP contribution >= 0.6 is 34.2 Å². The Labute approximate surface area is 122 Å². The van der Waals surface area contributed by atoms with Crippen molar-refractivity contribution in [3.05, 3.63) is 67.8 Å². The van der Waals surface area contributed by atoms with Crippen molar-refractivity contribution in [3.63, 3.8) is 0 Å². The van der Waals surface area contributed by atoms with Crippen molar-refractivity contribution in [2.24, 2.45) is 0 Å². The van der Waals surface area contributed by atoms with Crippen LogP contribution in [0.15, 0.2) is 36.4 Å². The Balaban J connectivity index is 2.51. The van der Waals surface area contributed by atoms with Gasteiger partial charge in [-0.2, -0.15) is 0 Å². The summed E-state index contributed by atoms with van der Waals surface area (Å²) in [6.07, 6.45) is -1.24. The molecule has 1 N–H and O–H groups in total. The monoisotopic (exact) mass is 380 g/mol. The number of hydrogen-bond donors (Lipinski definition) is 1. The molecule has 94 valence electrons. The Morgan fingerprint density at radius 1 is 1.11 bits per heavy atom. The lowest BCUT2D eigenvalue weighted by atomic mass is 10.0. The maximum atomic E-state index is 13.6. The summed E-state index contributed by atoms with van der Waals surface area (Å²) in [5.41, 5.74) is 0.350. The van der Waals surface area contributed by atoms with Gasteiger partial charge in [0.15, 0.2) is 11.6 Å². The van der Waals surface area contributed by atoms with Crippen molar-refractivity contribution in [1.82, 2.24) is 0 Å². The molecule has 0 spiro atoms. The van der Waals surface area contributed by atoms with Gasteiger partial charge in [-0.05, 0) is 52.4 Å². The molecule has 0 aliphatic rings. The molecule has 0 aromatic heterocycles. The Bertz CT molecular complexity index is 587. The molecule has 2 aromatic carbocycles. The highest BCUT2D eigenvalue weighted by atomic mass is 127. The van der Waals surface area contributed by atoms with Crippen molar-refractivity contribution >= 4 is 34.2 Å². The Hall–Kier alpha value is -0.720. The number of aliphatic hydroxyl groups is 1. The van der Waals surface area contributed by atoms with Gasteiger partial charge in [-0.25, -0.2) is 8.78 Å². The number of rotatable bonds is 2. The first-order chi connectivity index (χ1) is 8.50. The molecule has 5 heteroatoms. The maximum absolute atomic E-state index is 13.6. The highest BCUT2D eigenvalue weighted by Gasteiger charge is 2.19. The zero-order valence-corrected chi connectivity index (χ0v) is 11.9. The second kappa shape index (κ2) is 5.50. The summed E-state index contributed by atoms with van der Waals surface area (Å²) in [6, 6.07) is 8.63. The summed E-state index contributed by atoms with van der Waals surface area (Å²) in [4.78, 5) is 0. The summed E-state index contributed by atoms with van der Waals surface area (Å²) in [5.74, 6) is -2.02. The van der Waals surface area contributed by atoms with Gasteiger partial charge >= 0.3 is 0 Å². The Kier molecular flexibility index (Phi) is 4.19. The third-order valence-electron chi connectivity index (χ3n) is 2.53. The SMILES string of the molecule is OC(c1cc(Cl)ccc1I)c1cccc(F)c1F. The molecule has 1 atom stereocenters. The van der Waals surface area contributed by atoms with E-state index >= 15 is 0 Å². The minimum Gasteiger partial charge on any atom is -0.384 e. The Morgan fingerprint density at radius 3 is 2.56 bits per heavy atom. The van der Waals surface area contributed by atoms with Crippen LogP contribution in [0.4, 0.5) is 8.78 Å². The van der Waals surface area contributed by atoms with Gasteiger partial charge < -0.3 is 5.11 Å². The molecule has 0 heterocycles. The summed E-state index contributed by atoms with van der Waals surface area (Å²) >= 11 is 7.84. The number of hydrogen-bond acceptors (Lipinski definition) is 1. The van der Waals surface area contributed by atoms with Crippen LogP contribution in [0, 0.1) is 15.2 Å². The fraction of sp³-hybridized carbons (Fsp3) is 0.0769. The molecule has 0 aliphatic heterocycles. The van der Waals surface area contributed by atoms with E-state index in [-0.39, 0.29) is 5.56 Å². The van der Waals surface area contributed by atoms with Gasteiger partial charge in [-0.15, -0.1) is 0 Å². The quantitative estimate of drug-likeness (QED) is 0.770. The molecule has 0 aliphatic carbocycles. The summed E-state index contributed by atoms with van der Waals surface area (Å²) < 4.78 is 27.5. The minimum atomic E-state index is -1.24. The molecular weight excluding hydrogens is 372 g/mol. The lowest BCUT2D eigenvalue weighted by Gasteiger charge is -2.14. The molecule has 0 saturated carbocycles. The van der Waals surface area contributed by atoms with Gasteiger partial charge in [-0.1, -0.05) is 23.7 Å². The van der Waals surface area contributed by atoms with E-state index in [4.69, 9.17) is 11.6 Å². The highest BCUT2D eigenvalue weighted by molar-refractivity contribution is 14.1. The van der Waals surface area contributed by atoms with Crippen LogP contribution in [-0.4, -0.2) is 5.11 Å². The van der Waals surface area contributed by atoms with Crippen molar-refractivity contribution in [2.75, 3.05) is 0 Å². The van der Waals surface area contributed by atoms with E-state index in [0.717, 1.165) is 9.64 Å². The predicted molar refractivity (Wildman–Crippen MR) is 74.6 cm³/mol. The summed E-state index contributed by atoms with van der Waals surface area (Å²) in [7, 11) is 0. The second-order valence-corrected chi connectivity index (χ2v) is 5.31. The lowest BCUT2D eigenvalue weighted by Crippen LogP contribution is -2.06. The number of benzene rings is 2. The first-order valence-electron chi connectivity index (χ1n) is 5.07. The maximum Gasteiger partial charge on any atom is 0.164 e. The normalized spacial score (nSPS) is 12.5. The summed E-state index contributed by atoms with van der Waals surface area (Å²) in [5, 5.41) is 10.6. The van der Waals surface area contributed by atoms with E-state index < -0.39 is 17.7 Å².